The highest BCUT2D eigenvalue weighted by Gasteiger charge is 2.17. The molecule has 5 nitrogen and oxygen atoms in total. The Morgan fingerprint density at radius 2 is 1.84 bits per heavy atom. The minimum atomic E-state index is -0.679. The molecule has 0 heterocycles. The molecule has 2 rings (SSSR count). The summed E-state index contributed by atoms with van der Waals surface area (Å²) in [4.78, 5) is 12.3. The second-order valence-electron chi connectivity index (χ2n) is 5.46. The smallest absolute Gasteiger partial charge is 0.265 e. The van der Waals surface area contributed by atoms with Crippen molar-refractivity contribution in [2.75, 3.05) is 19.5 Å². The Balaban J connectivity index is 2.03. The van der Waals surface area contributed by atoms with Gasteiger partial charge in [-0.25, -0.2) is 0 Å². The number of amides is 1. The average Bonchev–Trinajstić information content (AvgIpc) is 2.63. The number of rotatable bonds is 8. The number of carbonyl (C=O) groups is 1. The first kappa shape index (κ1) is 18.4. The summed E-state index contributed by atoms with van der Waals surface area (Å²) in [6, 6.07) is 12.7. The van der Waals surface area contributed by atoms with Crippen LogP contribution in [0.5, 0.6) is 17.2 Å². The van der Waals surface area contributed by atoms with Crippen molar-refractivity contribution in [3.05, 3.63) is 60.7 Å². The van der Waals surface area contributed by atoms with Crippen molar-refractivity contribution in [2.24, 2.45) is 0 Å². The van der Waals surface area contributed by atoms with Crippen molar-refractivity contribution in [1.29, 1.82) is 0 Å². The van der Waals surface area contributed by atoms with E-state index in [0.29, 0.717) is 17.2 Å². The lowest BCUT2D eigenvalue weighted by molar-refractivity contribution is -0.122. The molecule has 1 N–H and O–H groups in total. The molecule has 0 saturated carbocycles. The molecule has 2 aromatic carbocycles. The molecular formula is C20H23NO4. The molecule has 0 radical (unpaired) electrons. The lowest BCUT2D eigenvalue weighted by atomic mass is 10.1. The van der Waals surface area contributed by atoms with Crippen molar-refractivity contribution in [3.63, 3.8) is 0 Å². The molecule has 0 spiro atoms. The molecule has 0 saturated heterocycles. The van der Waals surface area contributed by atoms with Crippen LogP contribution in [-0.4, -0.2) is 26.2 Å². The van der Waals surface area contributed by atoms with Gasteiger partial charge in [-0.05, 0) is 55.3 Å². The number of hydrogen-bond acceptors (Lipinski definition) is 4. The standard InChI is InChI=1S/C20H23NO4/c1-5-6-15-7-12-18(19(13-15)24-4)25-14(2)20(22)21-16-8-10-17(23-3)11-9-16/h5,7-14H,1,6H2,2-4H3,(H,21,22)/t14-/m0/s1. The monoisotopic (exact) mass is 341 g/mol. The quantitative estimate of drug-likeness (QED) is 0.741. The van der Waals surface area contributed by atoms with Crippen molar-refractivity contribution >= 4 is 11.6 Å². The Kier molecular flexibility index (Phi) is 6.46. The van der Waals surface area contributed by atoms with E-state index in [1.807, 2.05) is 18.2 Å². The van der Waals surface area contributed by atoms with Gasteiger partial charge in [-0.3, -0.25) is 4.79 Å². The maximum absolute atomic E-state index is 12.3. The van der Waals surface area contributed by atoms with Crippen LogP contribution < -0.4 is 19.5 Å². The molecule has 0 aliphatic rings. The molecule has 0 aliphatic carbocycles. The van der Waals surface area contributed by atoms with Crippen LogP contribution in [0.2, 0.25) is 0 Å². The van der Waals surface area contributed by atoms with Crippen molar-refractivity contribution in [1.82, 2.24) is 0 Å². The third kappa shape index (κ3) is 5.01. The third-order valence-electron chi connectivity index (χ3n) is 3.64. The Labute approximate surface area is 148 Å². The lowest BCUT2D eigenvalue weighted by Gasteiger charge is -2.17. The number of allylic oxidation sites excluding steroid dienone is 1. The summed E-state index contributed by atoms with van der Waals surface area (Å²) in [5.74, 6) is 1.59. The van der Waals surface area contributed by atoms with Gasteiger partial charge in [-0.1, -0.05) is 12.1 Å². The fourth-order valence-corrected chi connectivity index (χ4v) is 2.27. The van der Waals surface area contributed by atoms with Gasteiger partial charge < -0.3 is 19.5 Å². The normalized spacial score (nSPS) is 11.3. The molecule has 2 aromatic rings. The van der Waals surface area contributed by atoms with Crippen LogP contribution in [0.15, 0.2) is 55.1 Å². The van der Waals surface area contributed by atoms with Gasteiger partial charge >= 0.3 is 0 Å². The van der Waals surface area contributed by atoms with E-state index in [9.17, 15) is 4.79 Å². The highest BCUT2D eigenvalue weighted by atomic mass is 16.5. The fourth-order valence-electron chi connectivity index (χ4n) is 2.27. The predicted octanol–water partition coefficient (Wildman–Crippen LogP) is 3.84. The molecule has 0 aliphatic heterocycles. The van der Waals surface area contributed by atoms with E-state index in [1.165, 1.54) is 0 Å². The zero-order chi connectivity index (χ0) is 18.2. The first-order valence-electron chi connectivity index (χ1n) is 7.96. The third-order valence-corrected chi connectivity index (χ3v) is 3.64. The summed E-state index contributed by atoms with van der Waals surface area (Å²) >= 11 is 0. The van der Waals surface area contributed by atoms with E-state index in [2.05, 4.69) is 11.9 Å². The van der Waals surface area contributed by atoms with Crippen molar-refractivity contribution < 1.29 is 19.0 Å². The first-order valence-corrected chi connectivity index (χ1v) is 7.96. The van der Waals surface area contributed by atoms with E-state index in [-0.39, 0.29) is 5.91 Å². The number of nitrogens with one attached hydrogen (secondary N) is 1. The summed E-state index contributed by atoms with van der Waals surface area (Å²) < 4.78 is 16.2. The van der Waals surface area contributed by atoms with Crippen LogP contribution in [0.1, 0.15) is 12.5 Å². The van der Waals surface area contributed by atoms with Crippen molar-refractivity contribution in [2.45, 2.75) is 19.4 Å². The van der Waals surface area contributed by atoms with Crippen molar-refractivity contribution in [3.8, 4) is 17.2 Å². The molecule has 1 amide bonds. The highest BCUT2D eigenvalue weighted by Crippen LogP contribution is 2.29. The van der Waals surface area contributed by atoms with Gasteiger partial charge in [-0.2, -0.15) is 0 Å². The highest BCUT2D eigenvalue weighted by molar-refractivity contribution is 5.94. The second kappa shape index (κ2) is 8.78. The Hall–Kier alpha value is -2.95. The molecule has 5 heteroatoms. The van der Waals surface area contributed by atoms with E-state index in [0.717, 1.165) is 17.7 Å². The van der Waals surface area contributed by atoms with E-state index < -0.39 is 6.10 Å². The summed E-state index contributed by atoms with van der Waals surface area (Å²) in [6.45, 7) is 5.41. The van der Waals surface area contributed by atoms with Gasteiger partial charge in [0.05, 0.1) is 14.2 Å². The molecule has 0 bridgehead atoms. The second-order valence-corrected chi connectivity index (χ2v) is 5.46. The predicted molar refractivity (Wildman–Crippen MR) is 98.6 cm³/mol. The zero-order valence-corrected chi connectivity index (χ0v) is 14.7. The molecule has 132 valence electrons. The summed E-state index contributed by atoms with van der Waals surface area (Å²) in [5.41, 5.74) is 1.74. The number of benzene rings is 2. The fraction of sp³-hybridized carbons (Fsp3) is 0.250. The maximum Gasteiger partial charge on any atom is 0.265 e. The van der Waals surface area contributed by atoms with Gasteiger partial charge in [0.15, 0.2) is 17.6 Å². The molecule has 25 heavy (non-hydrogen) atoms. The summed E-state index contributed by atoms with van der Waals surface area (Å²) in [6.07, 6.45) is 1.88. The average molecular weight is 341 g/mol. The number of hydrogen-bond donors (Lipinski definition) is 1. The van der Waals surface area contributed by atoms with Gasteiger partial charge in [0, 0.05) is 5.69 Å². The minimum Gasteiger partial charge on any atom is -0.497 e. The van der Waals surface area contributed by atoms with Crippen LogP contribution in [0.3, 0.4) is 0 Å². The van der Waals surface area contributed by atoms with Gasteiger partial charge in [0.2, 0.25) is 0 Å². The van der Waals surface area contributed by atoms with E-state index in [1.54, 1.807) is 51.5 Å². The molecule has 0 unspecified atom stereocenters. The Morgan fingerprint density at radius 3 is 2.44 bits per heavy atom. The molecule has 1 atom stereocenters. The van der Waals surface area contributed by atoms with Gasteiger partial charge in [0.25, 0.3) is 5.91 Å². The zero-order valence-electron chi connectivity index (χ0n) is 14.7. The van der Waals surface area contributed by atoms with E-state index >= 15 is 0 Å². The molecule has 0 fully saturated rings. The Bertz CT molecular complexity index is 725. The maximum atomic E-state index is 12.3. The number of carbonyl (C=O) groups excluding carboxylic acids is 1. The first-order chi connectivity index (χ1) is 12.1. The van der Waals surface area contributed by atoms with Crippen LogP contribution in [0.4, 0.5) is 5.69 Å². The van der Waals surface area contributed by atoms with Crippen LogP contribution in [0.25, 0.3) is 0 Å². The largest absolute Gasteiger partial charge is 0.497 e. The summed E-state index contributed by atoms with van der Waals surface area (Å²) in [7, 11) is 3.17. The van der Waals surface area contributed by atoms with Crippen LogP contribution in [-0.2, 0) is 11.2 Å². The van der Waals surface area contributed by atoms with Crippen LogP contribution >= 0.6 is 0 Å². The topological polar surface area (TPSA) is 56.8 Å². The molecular weight excluding hydrogens is 318 g/mol. The number of ether oxygens (including phenoxy) is 3. The number of anilines is 1. The van der Waals surface area contributed by atoms with E-state index in [4.69, 9.17) is 14.2 Å². The Morgan fingerprint density at radius 1 is 1.12 bits per heavy atom. The van der Waals surface area contributed by atoms with Crippen LogP contribution in [0, 0.1) is 0 Å². The minimum absolute atomic E-state index is 0.248. The van der Waals surface area contributed by atoms with Gasteiger partial charge in [0.1, 0.15) is 5.75 Å². The number of methoxy groups -OCH3 is 2. The SMILES string of the molecule is C=CCc1ccc(O[C@@H](C)C(=O)Nc2ccc(OC)cc2)c(OC)c1. The molecule has 0 aromatic heterocycles. The lowest BCUT2D eigenvalue weighted by Crippen LogP contribution is -2.30. The van der Waals surface area contributed by atoms with Gasteiger partial charge in [-0.15, -0.1) is 6.58 Å². The summed E-state index contributed by atoms with van der Waals surface area (Å²) in [5, 5.41) is 2.81.